The van der Waals surface area contributed by atoms with Crippen molar-refractivity contribution in [1.29, 1.82) is 0 Å². The molecule has 0 saturated heterocycles. The quantitative estimate of drug-likeness (QED) is 0.489. The van der Waals surface area contributed by atoms with Gasteiger partial charge in [0.1, 0.15) is 6.04 Å². The first kappa shape index (κ1) is 18.7. The molecule has 0 aliphatic rings. The fourth-order valence-electron chi connectivity index (χ4n) is 3.01. The minimum atomic E-state index is -3.99. The van der Waals surface area contributed by atoms with Crippen LogP contribution in [0.4, 0.5) is 11.4 Å². The van der Waals surface area contributed by atoms with Crippen LogP contribution in [0, 0.1) is 0 Å². The molecule has 1 unspecified atom stereocenters. The number of aliphatic carboxylic acids is 1. The van der Waals surface area contributed by atoms with Gasteiger partial charge in [-0.3, -0.25) is 4.79 Å². The Morgan fingerprint density at radius 3 is 2.22 bits per heavy atom. The van der Waals surface area contributed by atoms with Crippen molar-refractivity contribution in [2.24, 2.45) is 5.73 Å². The normalized spacial score (nSPS) is 12.8. The Bertz CT molecular complexity index is 1140. The molecule has 140 valence electrons. The van der Waals surface area contributed by atoms with E-state index >= 15 is 0 Å². The monoisotopic (exact) mass is 385 g/mol. The average molecular weight is 385 g/mol. The van der Waals surface area contributed by atoms with Crippen LogP contribution in [0.3, 0.4) is 0 Å². The van der Waals surface area contributed by atoms with E-state index in [9.17, 15) is 13.2 Å². The lowest BCUT2D eigenvalue weighted by Gasteiger charge is -2.16. The Morgan fingerprint density at radius 2 is 1.56 bits per heavy atom. The van der Waals surface area contributed by atoms with E-state index in [2.05, 4.69) is 0 Å². The fourth-order valence-corrected chi connectivity index (χ4v) is 4.74. The molecule has 0 aromatic heterocycles. The van der Waals surface area contributed by atoms with Crippen LogP contribution in [0.1, 0.15) is 5.56 Å². The molecule has 0 saturated carbocycles. The maximum atomic E-state index is 13.4. The molecule has 0 aliphatic heterocycles. The molecule has 0 heterocycles. The Morgan fingerprint density at radius 1 is 0.889 bits per heavy atom. The zero-order valence-corrected chi connectivity index (χ0v) is 15.1. The molecule has 0 spiro atoms. The SMILES string of the molecule is Nc1cccc(S(=O)(=O)c2ccc(N)c3ccccc23)c1CC(N)C(=O)O. The number of rotatable bonds is 5. The first-order valence-electron chi connectivity index (χ1n) is 8.11. The van der Waals surface area contributed by atoms with Crippen molar-refractivity contribution in [2.75, 3.05) is 11.5 Å². The van der Waals surface area contributed by atoms with Crippen molar-refractivity contribution >= 4 is 38.0 Å². The van der Waals surface area contributed by atoms with Crippen LogP contribution >= 0.6 is 0 Å². The Labute approximate surface area is 156 Å². The third-order valence-corrected chi connectivity index (χ3v) is 6.30. The molecule has 0 aliphatic carbocycles. The van der Waals surface area contributed by atoms with E-state index < -0.39 is 21.8 Å². The topological polar surface area (TPSA) is 150 Å². The molecule has 3 rings (SSSR count). The zero-order chi connectivity index (χ0) is 19.8. The molecule has 0 bridgehead atoms. The summed E-state index contributed by atoms with van der Waals surface area (Å²) in [6, 6.07) is 13.0. The van der Waals surface area contributed by atoms with Crippen molar-refractivity contribution in [3.63, 3.8) is 0 Å². The van der Waals surface area contributed by atoms with Crippen LogP contribution in [-0.4, -0.2) is 25.5 Å². The summed E-state index contributed by atoms with van der Waals surface area (Å²) in [6.45, 7) is 0. The highest BCUT2D eigenvalue weighted by Crippen LogP contribution is 2.34. The van der Waals surface area contributed by atoms with Crippen LogP contribution in [0.2, 0.25) is 0 Å². The van der Waals surface area contributed by atoms with Crippen molar-refractivity contribution in [2.45, 2.75) is 22.3 Å². The second-order valence-corrected chi connectivity index (χ2v) is 8.06. The Hall–Kier alpha value is -3.10. The van der Waals surface area contributed by atoms with Gasteiger partial charge in [0.2, 0.25) is 9.84 Å². The van der Waals surface area contributed by atoms with E-state index in [0.717, 1.165) is 0 Å². The third-order valence-electron chi connectivity index (χ3n) is 4.41. The fraction of sp³-hybridized carbons (Fsp3) is 0.105. The Kier molecular flexibility index (Phi) is 4.77. The number of benzene rings is 3. The summed E-state index contributed by atoms with van der Waals surface area (Å²) in [5, 5.41) is 10.2. The van der Waals surface area contributed by atoms with Gasteiger partial charge in [0, 0.05) is 28.6 Å². The molecule has 0 radical (unpaired) electrons. The predicted octanol–water partition coefficient (Wildman–Crippen LogP) is 1.79. The molecule has 0 amide bonds. The number of nitrogens with two attached hydrogens (primary N) is 3. The second kappa shape index (κ2) is 6.90. The van der Waals surface area contributed by atoms with Gasteiger partial charge in [-0.1, -0.05) is 30.3 Å². The maximum absolute atomic E-state index is 13.4. The van der Waals surface area contributed by atoms with Gasteiger partial charge in [-0.25, -0.2) is 8.42 Å². The smallest absolute Gasteiger partial charge is 0.320 e. The molecule has 1 atom stereocenters. The van der Waals surface area contributed by atoms with Gasteiger partial charge < -0.3 is 22.3 Å². The third kappa shape index (κ3) is 3.32. The molecule has 0 fully saturated rings. The van der Waals surface area contributed by atoms with Gasteiger partial charge in [0.25, 0.3) is 0 Å². The summed E-state index contributed by atoms with van der Waals surface area (Å²) >= 11 is 0. The van der Waals surface area contributed by atoms with E-state index in [1.165, 1.54) is 30.3 Å². The van der Waals surface area contributed by atoms with Crippen LogP contribution in [0.25, 0.3) is 10.8 Å². The lowest BCUT2D eigenvalue weighted by atomic mass is 10.0. The lowest BCUT2D eigenvalue weighted by molar-refractivity contribution is -0.138. The number of fused-ring (bicyclic) bond motifs is 1. The molecule has 8 heteroatoms. The zero-order valence-electron chi connectivity index (χ0n) is 14.3. The van der Waals surface area contributed by atoms with Crippen molar-refractivity contribution in [1.82, 2.24) is 0 Å². The van der Waals surface area contributed by atoms with Crippen molar-refractivity contribution in [3.05, 3.63) is 60.2 Å². The minimum absolute atomic E-state index is 0.0610. The largest absolute Gasteiger partial charge is 0.480 e. The number of sulfone groups is 1. The number of carboxylic acids is 1. The van der Waals surface area contributed by atoms with Crippen LogP contribution in [0.5, 0.6) is 0 Å². The molecule has 3 aromatic carbocycles. The van der Waals surface area contributed by atoms with Gasteiger partial charge in [0.15, 0.2) is 0 Å². The first-order chi connectivity index (χ1) is 12.7. The van der Waals surface area contributed by atoms with E-state index in [1.807, 2.05) is 0 Å². The first-order valence-corrected chi connectivity index (χ1v) is 9.60. The van der Waals surface area contributed by atoms with Gasteiger partial charge in [-0.05, 0) is 29.8 Å². The molecule has 7 N–H and O–H groups in total. The van der Waals surface area contributed by atoms with E-state index in [-0.39, 0.29) is 27.5 Å². The van der Waals surface area contributed by atoms with Crippen LogP contribution in [-0.2, 0) is 21.1 Å². The van der Waals surface area contributed by atoms with Gasteiger partial charge in [-0.2, -0.15) is 0 Å². The number of hydrogen-bond acceptors (Lipinski definition) is 6. The number of anilines is 2. The predicted molar refractivity (Wildman–Crippen MR) is 104 cm³/mol. The van der Waals surface area contributed by atoms with Gasteiger partial charge in [0.05, 0.1) is 9.79 Å². The molecule has 27 heavy (non-hydrogen) atoms. The summed E-state index contributed by atoms with van der Waals surface area (Å²) < 4.78 is 26.8. The van der Waals surface area contributed by atoms with Crippen LogP contribution in [0.15, 0.2) is 64.4 Å². The maximum Gasteiger partial charge on any atom is 0.320 e. The molecule has 7 nitrogen and oxygen atoms in total. The highest BCUT2D eigenvalue weighted by molar-refractivity contribution is 7.91. The summed E-state index contributed by atoms with van der Waals surface area (Å²) in [5.74, 6) is -1.24. The average Bonchev–Trinajstić information content (AvgIpc) is 2.63. The van der Waals surface area contributed by atoms with E-state index in [4.69, 9.17) is 22.3 Å². The van der Waals surface area contributed by atoms with E-state index in [1.54, 1.807) is 24.3 Å². The van der Waals surface area contributed by atoms with Crippen molar-refractivity contribution in [3.8, 4) is 0 Å². The van der Waals surface area contributed by atoms with Gasteiger partial charge in [-0.15, -0.1) is 0 Å². The molecular weight excluding hydrogens is 366 g/mol. The highest BCUT2D eigenvalue weighted by atomic mass is 32.2. The summed E-state index contributed by atoms with van der Waals surface area (Å²) in [6.07, 6.45) is -0.205. The standard InChI is InChI=1S/C19H19N3O4S/c20-14-6-3-7-17(13(14)10-16(22)19(23)24)27(25,26)18-9-8-15(21)11-4-1-2-5-12(11)18/h1-9,16H,10,20-22H2,(H,23,24). The lowest BCUT2D eigenvalue weighted by Crippen LogP contribution is -2.33. The summed E-state index contributed by atoms with van der Waals surface area (Å²) in [7, 11) is -3.99. The number of carbonyl (C=O) groups is 1. The second-order valence-electron chi connectivity index (χ2n) is 6.17. The molecule has 3 aromatic rings. The summed E-state index contributed by atoms with van der Waals surface area (Å²) in [5.41, 5.74) is 18.3. The van der Waals surface area contributed by atoms with Gasteiger partial charge >= 0.3 is 5.97 Å². The number of hydrogen-bond donors (Lipinski definition) is 4. The minimum Gasteiger partial charge on any atom is -0.480 e. The number of nitrogen functional groups attached to an aromatic ring is 2. The summed E-state index contributed by atoms with van der Waals surface area (Å²) in [4.78, 5) is 11.1. The van der Waals surface area contributed by atoms with Crippen molar-refractivity contribution < 1.29 is 18.3 Å². The van der Waals surface area contributed by atoms with Crippen LogP contribution < -0.4 is 17.2 Å². The Balaban J connectivity index is 2.25. The highest BCUT2D eigenvalue weighted by Gasteiger charge is 2.27. The number of carboxylic acid groups (broad SMARTS) is 1. The molecular formula is C19H19N3O4S. The van der Waals surface area contributed by atoms with E-state index in [0.29, 0.717) is 16.5 Å².